The molecule has 1 aromatic heterocycles. The van der Waals surface area contributed by atoms with Crippen LogP contribution in [-0.4, -0.2) is 103 Å². The summed E-state index contributed by atoms with van der Waals surface area (Å²) in [5.41, 5.74) is 14.6. The van der Waals surface area contributed by atoms with E-state index in [9.17, 15) is 19.2 Å². The number of nitrogens with one attached hydrogen (secondary N) is 2. The smallest absolute Gasteiger partial charge is 0.410 e. The van der Waals surface area contributed by atoms with Gasteiger partial charge in [-0.3, -0.25) is 9.59 Å². The standard InChI is InChI=1S/C40H51N7O8/c41-22-28-7-4-8-31(21-28)38(49)45-32-13-18-46(19-14-32)39(50)54-26-34-36(53-25-27-5-2-1-3-6-27)33(15-20-52-34)55-40(51)47-16-11-30(12-17-47)37(48)44-24-29-9-10-35(42)43-23-29/h1-10,21,23,30,32-34,36H,11-20,22,24-26,41H2,(H2,42,43)(H,44,48)(H,45,49)/t33-,34-,36+/m1/s1. The van der Waals surface area contributed by atoms with E-state index in [2.05, 4.69) is 15.6 Å². The Kier molecular flexibility index (Phi) is 13.9. The number of piperidine rings is 2. The van der Waals surface area contributed by atoms with Crippen molar-refractivity contribution in [3.63, 3.8) is 0 Å². The van der Waals surface area contributed by atoms with Crippen molar-refractivity contribution >= 4 is 29.8 Å². The van der Waals surface area contributed by atoms with Crippen molar-refractivity contribution in [2.75, 3.05) is 45.1 Å². The van der Waals surface area contributed by atoms with Crippen molar-refractivity contribution < 1.29 is 38.1 Å². The van der Waals surface area contributed by atoms with Gasteiger partial charge in [0.05, 0.1) is 13.2 Å². The van der Waals surface area contributed by atoms with Crippen LogP contribution in [0.1, 0.15) is 59.2 Å². The minimum absolute atomic E-state index is 0.0676. The van der Waals surface area contributed by atoms with Gasteiger partial charge in [-0.2, -0.15) is 0 Å². The number of benzene rings is 2. The first kappa shape index (κ1) is 39.4. The molecule has 6 rings (SSSR count). The summed E-state index contributed by atoms with van der Waals surface area (Å²) in [4.78, 5) is 59.6. The second-order valence-corrected chi connectivity index (χ2v) is 14.2. The molecule has 0 bridgehead atoms. The highest BCUT2D eigenvalue weighted by Gasteiger charge is 2.40. The Labute approximate surface area is 321 Å². The zero-order valence-corrected chi connectivity index (χ0v) is 31.0. The molecule has 3 saturated heterocycles. The first-order chi connectivity index (χ1) is 26.7. The molecule has 15 heteroatoms. The summed E-state index contributed by atoms with van der Waals surface area (Å²) in [5, 5.41) is 6.02. The van der Waals surface area contributed by atoms with E-state index in [0.29, 0.717) is 82.8 Å². The first-order valence-corrected chi connectivity index (χ1v) is 19.0. The van der Waals surface area contributed by atoms with Crippen molar-refractivity contribution in [2.24, 2.45) is 11.7 Å². The van der Waals surface area contributed by atoms with Crippen molar-refractivity contribution in [3.05, 3.63) is 95.2 Å². The Morgan fingerprint density at radius 2 is 1.56 bits per heavy atom. The number of amides is 4. The lowest BCUT2D eigenvalue weighted by Gasteiger charge is -2.39. The normalized spacial score (nSPS) is 20.7. The van der Waals surface area contributed by atoms with E-state index in [1.807, 2.05) is 48.5 Å². The Balaban J connectivity index is 0.982. The van der Waals surface area contributed by atoms with Gasteiger partial charge in [0.1, 0.15) is 30.7 Å². The summed E-state index contributed by atoms with van der Waals surface area (Å²) >= 11 is 0. The van der Waals surface area contributed by atoms with E-state index in [0.717, 1.165) is 16.7 Å². The highest BCUT2D eigenvalue weighted by Crippen LogP contribution is 2.26. The average Bonchev–Trinajstić information content (AvgIpc) is 3.22. The van der Waals surface area contributed by atoms with Gasteiger partial charge >= 0.3 is 12.2 Å². The van der Waals surface area contributed by atoms with Crippen LogP contribution in [0.5, 0.6) is 0 Å². The molecule has 0 unspecified atom stereocenters. The quantitative estimate of drug-likeness (QED) is 0.211. The zero-order chi connectivity index (χ0) is 38.6. The summed E-state index contributed by atoms with van der Waals surface area (Å²) in [6, 6.07) is 20.3. The third-order valence-electron chi connectivity index (χ3n) is 10.3. The molecular formula is C40H51N7O8. The number of likely N-dealkylation sites (tertiary alicyclic amines) is 2. The van der Waals surface area contributed by atoms with Gasteiger partial charge in [0.25, 0.3) is 5.91 Å². The molecule has 3 atom stereocenters. The summed E-state index contributed by atoms with van der Waals surface area (Å²) in [5.74, 6) is -0.0404. The summed E-state index contributed by atoms with van der Waals surface area (Å²) in [7, 11) is 0. The van der Waals surface area contributed by atoms with Crippen molar-refractivity contribution in [1.29, 1.82) is 0 Å². The first-order valence-electron chi connectivity index (χ1n) is 19.0. The molecule has 15 nitrogen and oxygen atoms in total. The zero-order valence-electron chi connectivity index (χ0n) is 31.0. The monoisotopic (exact) mass is 757 g/mol. The van der Waals surface area contributed by atoms with Gasteiger partial charge in [0, 0.05) is 69.4 Å². The van der Waals surface area contributed by atoms with Gasteiger partial charge < -0.3 is 50.8 Å². The Morgan fingerprint density at radius 3 is 2.29 bits per heavy atom. The predicted octanol–water partition coefficient (Wildman–Crippen LogP) is 3.36. The Morgan fingerprint density at radius 1 is 0.836 bits per heavy atom. The number of hydrogen-bond donors (Lipinski definition) is 4. The lowest BCUT2D eigenvalue weighted by atomic mass is 9.96. The van der Waals surface area contributed by atoms with E-state index in [4.69, 9.17) is 30.4 Å². The largest absolute Gasteiger partial charge is 0.447 e. The number of carbonyl (C=O) groups is 4. The number of pyridine rings is 1. The maximum atomic E-state index is 13.4. The number of anilines is 1. The molecule has 0 radical (unpaired) electrons. The predicted molar refractivity (Wildman–Crippen MR) is 202 cm³/mol. The van der Waals surface area contributed by atoms with E-state index in [-0.39, 0.29) is 43.6 Å². The number of nitrogen functional groups attached to an aromatic ring is 1. The van der Waals surface area contributed by atoms with Gasteiger partial charge in [-0.15, -0.1) is 0 Å². The Bertz CT molecular complexity index is 1730. The highest BCUT2D eigenvalue weighted by atomic mass is 16.6. The van der Waals surface area contributed by atoms with Crippen molar-refractivity contribution in [2.45, 2.75) is 76.2 Å². The number of nitrogens with two attached hydrogens (primary N) is 2. The second-order valence-electron chi connectivity index (χ2n) is 14.2. The van der Waals surface area contributed by atoms with E-state index in [1.165, 1.54) is 0 Å². The highest BCUT2D eigenvalue weighted by molar-refractivity contribution is 5.94. The topological polar surface area (TPSA) is 201 Å². The molecule has 4 heterocycles. The van der Waals surface area contributed by atoms with Crippen LogP contribution in [0, 0.1) is 5.92 Å². The maximum absolute atomic E-state index is 13.4. The van der Waals surface area contributed by atoms with Crippen molar-refractivity contribution in [3.8, 4) is 0 Å². The molecule has 0 saturated carbocycles. The maximum Gasteiger partial charge on any atom is 0.410 e. The van der Waals surface area contributed by atoms with Crippen molar-refractivity contribution in [1.82, 2.24) is 25.4 Å². The molecule has 294 valence electrons. The van der Waals surface area contributed by atoms with E-state index in [1.54, 1.807) is 34.2 Å². The van der Waals surface area contributed by atoms with E-state index >= 15 is 0 Å². The molecule has 6 N–H and O–H groups in total. The van der Waals surface area contributed by atoms with Gasteiger partial charge in [-0.1, -0.05) is 48.5 Å². The van der Waals surface area contributed by atoms with Crippen LogP contribution in [0.15, 0.2) is 72.9 Å². The molecule has 0 aliphatic carbocycles. The summed E-state index contributed by atoms with van der Waals surface area (Å²) in [6.45, 7) is 2.75. The molecule has 3 aliphatic rings. The average molecular weight is 758 g/mol. The van der Waals surface area contributed by atoms with E-state index < -0.39 is 30.5 Å². The van der Waals surface area contributed by atoms with Crippen LogP contribution in [0.25, 0.3) is 0 Å². The minimum Gasteiger partial charge on any atom is -0.447 e. The van der Waals surface area contributed by atoms with Crippen LogP contribution in [0.4, 0.5) is 15.4 Å². The van der Waals surface area contributed by atoms with Gasteiger partial charge in [0.2, 0.25) is 5.91 Å². The van der Waals surface area contributed by atoms with Crippen LogP contribution in [0.3, 0.4) is 0 Å². The van der Waals surface area contributed by atoms with Crippen LogP contribution in [-0.2, 0) is 43.4 Å². The fourth-order valence-corrected chi connectivity index (χ4v) is 7.05. The minimum atomic E-state index is -0.699. The number of carbonyl (C=O) groups excluding carboxylic acids is 4. The lowest BCUT2D eigenvalue weighted by Crippen LogP contribution is -2.53. The lowest BCUT2D eigenvalue weighted by molar-refractivity contribution is -0.178. The summed E-state index contributed by atoms with van der Waals surface area (Å²) < 4.78 is 24.2. The SMILES string of the molecule is NCc1cccc(C(=O)NC2CCN(C(=O)OC[C@H]3OCC[C@@H](OC(=O)N4CCC(C(=O)NCc5ccc(N)nc5)CC4)[C@@H]3OCc3ccccc3)CC2)c1. The number of hydrogen-bond acceptors (Lipinski definition) is 11. The molecule has 55 heavy (non-hydrogen) atoms. The third kappa shape index (κ3) is 11.2. The molecule has 3 aromatic rings. The van der Waals surface area contributed by atoms with Crippen LogP contribution < -0.4 is 22.1 Å². The molecular weight excluding hydrogens is 706 g/mol. The molecule has 3 fully saturated rings. The number of aromatic nitrogens is 1. The second kappa shape index (κ2) is 19.4. The fraction of sp³-hybridized carbons (Fsp3) is 0.475. The molecule has 3 aliphatic heterocycles. The molecule has 0 spiro atoms. The summed E-state index contributed by atoms with van der Waals surface area (Å²) in [6.07, 6.45) is 1.24. The van der Waals surface area contributed by atoms with Gasteiger partial charge in [-0.25, -0.2) is 14.6 Å². The fourth-order valence-electron chi connectivity index (χ4n) is 7.05. The number of rotatable bonds is 12. The molecule has 4 amide bonds. The van der Waals surface area contributed by atoms with Gasteiger partial charge in [-0.05, 0) is 60.6 Å². The number of ether oxygens (including phenoxy) is 4. The molecule has 2 aromatic carbocycles. The van der Waals surface area contributed by atoms with Gasteiger partial charge in [0.15, 0.2) is 0 Å². The third-order valence-corrected chi connectivity index (χ3v) is 10.3. The van der Waals surface area contributed by atoms with Crippen LogP contribution in [0.2, 0.25) is 0 Å². The Hall–Kier alpha value is -5.25. The van der Waals surface area contributed by atoms with Crippen LogP contribution >= 0.6 is 0 Å². The number of nitrogens with zero attached hydrogens (tertiary/aromatic N) is 3.